The molecule has 0 atom stereocenters. The molecule has 0 aromatic heterocycles. The number of rotatable bonds is 2. The number of nitrogens with one attached hydrogen (secondary N) is 1. The summed E-state index contributed by atoms with van der Waals surface area (Å²) >= 11 is 5.74. The second kappa shape index (κ2) is 5.16. The van der Waals surface area contributed by atoms with Gasteiger partial charge >= 0.3 is 0 Å². The van der Waals surface area contributed by atoms with Crippen LogP contribution in [0.4, 0.5) is 21.5 Å². The molecule has 98 valence electrons. The summed E-state index contributed by atoms with van der Waals surface area (Å²) in [5.41, 5.74) is 12.1. The number of nitrogens with two attached hydrogens (primary N) is 2. The van der Waals surface area contributed by atoms with E-state index in [-0.39, 0.29) is 11.3 Å². The van der Waals surface area contributed by atoms with E-state index in [0.29, 0.717) is 16.4 Å². The summed E-state index contributed by atoms with van der Waals surface area (Å²) < 4.78 is 13.5. The SMILES string of the molecule is Nc1cc(N)cc(C(=O)Nc2cc(Cl)ccc2F)c1. The van der Waals surface area contributed by atoms with Gasteiger partial charge in [-0.3, -0.25) is 4.79 Å². The lowest BCUT2D eigenvalue weighted by atomic mass is 10.1. The van der Waals surface area contributed by atoms with Crippen LogP contribution in [-0.4, -0.2) is 5.91 Å². The van der Waals surface area contributed by atoms with Crippen LogP contribution in [0.2, 0.25) is 5.02 Å². The number of nitrogen functional groups attached to an aromatic ring is 2. The quantitative estimate of drug-likeness (QED) is 0.739. The van der Waals surface area contributed by atoms with Crippen molar-refractivity contribution >= 4 is 34.6 Å². The summed E-state index contributed by atoms with van der Waals surface area (Å²) in [4.78, 5) is 12.0. The highest BCUT2D eigenvalue weighted by atomic mass is 35.5. The van der Waals surface area contributed by atoms with E-state index in [1.54, 1.807) is 0 Å². The van der Waals surface area contributed by atoms with Gasteiger partial charge in [-0.2, -0.15) is 0 Å². The summed E-state index contributed by atoms with van der Waals surface area (Å²) in [5, 5.41) is 2.74. The molecule has 4 nitrogen and oxygen atoms in total. The molecule has 0 radical (unpaired) electrons. The van der Waals surface area contributed by atoms with Gasteiger partial charge in [-0.1, -0.05) is 11.6 Å². The number of halogens is 2. The molecule has 5 N–H and O–H groups in total. The van der Waals surface area contributed by atoms with Gasteiger partial charge in [-0.15, -0.1) is 0 Å². The van der Waals surface area contributed by atoms with Gasteiger partial charge in [-0.25, -0.2) is 4.39 Å². The van der Waals surface area contributed by atoms with E-state index in [1.165, 1.54) is 36.4 Å². The predicted molar refractivity (Wildman–Crippen MR) is 74.6 cm³/mol. The van der Waals surface area contributed by atoms with E-state index in [2.05, 4.69) is 5.32 Å². The molecule has 0 fully saturated rings. The van der Waals surface area contributed by atoms with Crippen LogP contribution in [0.5, 0.6) is 0 Å². The minimum absolute atomic E-state index is 0.00139. The van der Waals surface area contributed by atoms with Crippen molar-refractivity contribution in [3.8, 4) is 0 Å². The Morgan fingerprint density at radius 2 is 1.74 bits per heavy atom. The van der Waals surface area contributed by atoms with E-state index in [1.807, 2.05) is 0 Å². The van der Waals surface area contributed by atoms with Crippen LogP contribution in [0.15, 0.2) is 36.4 Å². The van der Waals surface area contributed by atoms with Crippen LogP contribution in [0.3, 0.4) is 0 Å². The van der Waals surface area contributed by atoms with Gasteiger partial charge in [0.25, 0.3) is 5.91 Å². The maximum atomic E-state index is 13.5. The Bertz CT molecular complexity index is 626. The van der Waals surface area contributed by atoms with Crippen molar-refractivity contribution in [2.75, 3.05) is 16.8 Å². The Morgan fingerprint density at radius 1 is 1.11 bits per heavy atom. The van der Waals surface area contributed by atoms with E-state index in [0.717, 1.165) is 0 Å². The van der Waals surface area contributed by atoms with Gasteiger partial charge in [0, 0.05) is 22.0 Å². The number of hydrogen-bond acceptors (Lipinski definition) is 3. The minimum Gasteiger partial charge on any atom is -0.399 e. The van der Waals surface area contributed by atoms with Crippen LogP contribution in [0, 0.1) is 5.82 Å². The van der Waals surface area contributed by atoms with Gasteiger partial charge in [-0.05, 0) is 36.4 Å². The number of anilines is 3. The molecule has 0 unspecified atom stereocenters. The second-order valence-electron chi connectivity index (χ2n) is 3.97. The number of carbonyl (C=O) groups is 1. The number of carbonyl (C=O) groups excluding carboxylic acids is 1. The van der Waals surface area contributed by atoms with Crippen LogP contribution < -0.4 is 16.8 Å². The molecule has 6 heteroatoms. The highest BCUT2D eigenvalue weighted by Crippen LogP contribution is 2.21. The first kappa shape index (κ1) is 13.2. The molecular weight excluding hydrogens is 269 g/mol. The average Bonchev–Trinajstić information content (AvgIpc) is 2.32. The number of hydrogen-bond donors (Lipinski definition) is 3. The lowest BCUT2D eigenvalue weighted by Crippen LogP contribution is -2.13. The fourth-order valence-electron chi connectivity index (χ4n) is 1.60. The molecular formula is C13H11ClFN3O. The zero-order valence-corrected chi connectivity index (χ0v) is 10.5. The first-order valence-corrected chi connectivity index (χ1v) is 5.76. The zero-order chi connectivity index (χ0) is 14.0. The number of benzene rings is 2. The smallest absolute Gasteiger partial charge is 0.255 e. The Balaban J connectivity index is 2.28. The lowest BCUT2D eigenvalue weighted by molar-refractivity contribution is 0.102. The van der Waals surface area contributed by atoms with Gasteiger partial charge in [0.15, 0.2) is 0 Å². The molecule has 2 rings (SSSR count). The summed E-state index contributed by atoms with van der Waals surface area (Å²) in [6, 6.07) is 8.32. The molecule has 0 bridgehead atoms. The summed E-state index contributed by atoms with van der Waals surface area (Å²) in [6.45, 7) is 0. The Hall–Kier alpha value is -2.27. The third kappa shape index (κ3) is 3.14. The molecule has 0 saturated heterocycles. The third-order valence-corrected chi connectivity index (χ3v) is 2.65. The highest BCUT2D eigenvalue weighted by Gasteiger charge is 2.11. The zero-order valence-electron chi connectivity index (χ0n) is 9.78. The molecule has 0 saturated carbocycles. The van der Waals surface area contributed by atoms with Crippen LogP contribution >= 0.6 is 11.6 Å². The molecule has 1 amide bonds. The largest absolute Gasteiger partial charge is 0.399 e. The Labute approximate surface area is 114 Å². The van der Waals surface area contributed by atoms with E-state index < -0.39 is 11.7 Å². The highest BCUT2D eigenvalue weighted by molar-refractivity contribution is 6.31. The fourth-order valence-corrected chi connectivity index (χ4v) is 1.77. The van der Waals surface area contributed by atoms with E-state index in [4.69, 9.17) is 23.1 Å². The van der Waals surface area contributed by atoms with Crippen LogP contribution in [0.1, 0.15) is 10.4 Å². The van der Waals surface area contributed by atoms with Gasteiger partial charge < -0.3 is 16.8 Å². The van der Waals surface area contributed by atoms with Gasteiger partial charge in [0.05, 0.1) is 5.69 Å². The van der Waals surface area contributed by atoms with Crippen molar-refractivity contribution in [3.05, 3.63) is 52.8 Å². The molecule has 0 aliphatic heterocycles. The molecule has 0 heterocycles. The molecule has 0 aliphatic carbocycles. The molecule has 2 aromatic carbocycles. The molecule has 0 spiro atoms. The fraction of sp³-hybridized carbons (Fsp3) is 0. The summed E-state index contributed by atoms with van der Waals surface area (Å²) in [5.74, 6) is -1.09. The summed E-state index contributed by atoms with van der Waals surface area (Å²) in [6.07, 6.45) is 0. The van der Waals surface area contributed by atoms with Crippen LogP contribution in [0.25, 0.3) is 0 Å². The topological polar surface area (TPSA) is 81.1 Å². The predicted octanol–water partition coefficient (Wildman–Crippen LogP) is 2.90. The van der Waals surface area contributed by atoms with E-state index in [9.17, 15) is 9.18 Å². The molecule has 0 aliphatic rings. The monoisotopic (exact) mass is 279 g/mol. The normalized spacial score (nSPS) is 10.2. The summed E-state index contributed by atoms with van der Waals surface area (Å²) in [7, 11) is 0. The first-order valence-electron chi connectivity index (χ1n) is 5.38. The lowest BCUT2D eigenvalue weighted by Gasteiger charge is -2.08. The average molecular weight is 280 g/mol. The van der Waals surface area contributed by atoms with Gasteiger partial charge in [0.2, 0.25) is 0 Å². The standard InChI is InChI=1S/C13H11ClFN3O/c14-8-1-2-11(15)12(5-8)18-13(19)7-3-9(16)6-10(17)4-7/h1-6H,16-17H2,(H,18,19). The number of amides is 1. The third-order valence-electron chi connectivity index (χ3n) is 2.42. The van der Waals surface area contributed by atoms with Crippen molar-refractivity contribution in [1.29, 1.82) is 0 Å². The molecule has 19 heavy (non-hydrogen) atoms. The maximum Gasteiger partial charge on any atom is 0.255 e. The first-order chi connectivity index (χ1) is 8.95. The maximum absolute atomic E-state index is 13.5. The van der Waals surface area contributed by atoms with E-state index >= 15 is 0 Å². The molecule has 2 aromatic rings. The Morgan fingerprint density at radius 3 is 2.37 bits per heavy atom. The van der Waals surface area contributed by atoms with Gasteiger partial charge in [0.1, 0.15) is 5.82 Å². The van der Waals surface area contributed by atoms with Crippen molar-refractivity contribution in [3.63, 3.8) is 0 Å². The van der Waals surface area contributed by atoms with Crippen molar-refractivity contribution in [2.24, 2.45) is 0 Å². The van der Waals surface area contributed by atoms with Crippen LogP contribution in [-0.2, 0) is 0 Å². The second-order valence-corrected chi connectivity index (χ2v) is 4.40. The van der Waals surface area contributed by atoms with Crippen molar-refractivity contribution in [2.45, 2.75) is 0 Å². The van der Waals surface area contributed by atoms with Crippen molar-refractivity contribution in [1.82, 2.24) is 0 Å². The van der Waals surface area contributed by atoms with Crippen molar-refractivity contribution < 1.29 is 9.18 Å². The minimum atomic E-state index is -0.574. The Kier molecular flexibility index (Phi) is 3.57.